The van der Waals surface area contributed by atoms with Crippen LogP contribution in [0.25, 0.3) is 22.2 Å². The number of H-pyrrole nitrogens is 1. The first-order valence-corrected chi connectivity index (χ1v) is 6.24. The van der Waals surface area contributed by atoms with Gasteiger partial charge in [-0.25, -0.2) is 4.98 Å². The van der Waals surface area contributed by atoms with Gasteiger partial charge in [0.25, 0.3) is 0 Å². The van der Waals surface area contributed by atoms with Crippen molar-refractivity contribution in [3.8, 4) is 11.1 Å². The minimum atomic E-state index is -0.623. The fourth-order valence-electron chi connectivity index (χ4n) is 2.35. The van der Waals surface area contributed by atoms with Gasteiger partial charge in [0, 0.05) is 40.0 Å². The smallest absolute Gasteiger partial charge is 0.249 e. The molecule has 21 heavy (non-hydrogen) atoms. The Labute approximate surface area is 119 Å². The lowest BCUT2D eigenvalue weighted by atomic mass is 9.94. The van der Waals surface area contributed by atoms with Gasteiger partial charge in [-0.15, -0.1) is 0 Å². The molecular formula is C15H12N4O2. The average molecular weight is 280 g/mol. The van der Waals surface area contributed by atoms with Crippen molar-refractivity contribution >= 4 is 22.8 Å². The van der Waals surface area contributed by atoms with Crippen molar-refractivity contribution in [2.75, 3.05) is 0 Å². The van der Waals surface area contributed by atoms with Crippen LogP contribution in [-0.4, -0.2) is 21.8 Å². The zero-order valence-corrected chi connectivity index (χ0v) is 11.0. The molecule has 104 valence electrons. The number of carbonyl (C=O) groups excluding carboxylic acids is 2. The monoisotopic (exact) mass is 280 g/mol. The van der Waals surface area contributed by atoms with Gasteiger partial charge < -0.3 is 16.5 Å². The van der Waals surface area contributed by atoms with Crippen molar-refractivity contribution in [1.82, 2.24) is 9.97 Å². The number of carbonyl (C=O) groups is 2. The lowest BCUT2D eigenvalue weighted by Crippen LogP contribution is -2.18. The zero-order valence-electron chi connectivity index (χ0n) is 11.0. The molecule has 2 amide bonds. The third-order valence-electron chi connectivity index (χ3n) is 3.28. The standard InChI is InChI=1S/C15H12N4O2/c16-13(20)10-2-1-3-11(14(17)21)12(10)9-6-8-4-5-18-15(8)19-7-9/h1-7H,(H2,16,20)(H2,17,21)(H,18,19). The lowest BCUT2D eigenvalue weighted by Gasteiger charge is -2.11. The van der Waals surface area contributed by atoms with Crippen LogP contribution in [0.4, 0.5) is 0 Å². The van der Waals surface area contributed by atoms with E-state index in [2.05, 4.69) is 9.97 Å². The molecule has 6 heteroatoms. The second kappa shape index (κ2) is 4.75. The molecule has 0 aliphatic carbocycles. The van der Waals surface area contributed by atoms with E-state index in [1.807, 2.05) is 12.1 Å². The van der Waals surface area contributed by atoms with Gasteiger partial charge in [-0.3, -0.25) is 9.59 Å². The van der Waals surface area contributed by atoms with Crippen molar-refractivity contribution in [1.29, 1.82) is 0 Å². The van der Waals surface area contributed by atoms with E-state index in [9.17, 15) is 9.59 Å². The van der Waals surface area contributed by atoms with E-state index >= 15 is 0 Å². The van der Waals surface area contributed by atoms with E-state index in [1.165, 1.54) is 0 Å². The molecule has 0 bridgehead atoms. The number of amides is 2. The highest BCUT2D eigenvalue weighted by atomic mass is 16.1. The molecule has 0 spiro atoms. The van der Waals surface area contributed by atoms with Crippen LogP contribution >= 0.6 is 0 Å². The van der Waals surface area contributed by atoms with E-state index in [1.54, 1.807) is 30.6 Å². The molecule has 2 aromatic heterocycles. The Bertz CT molecular complexity index is 835. The summed E-state index contributed by atoms with van der Waals surface area (Å²) in [6.45, 7) is 0. The highest BCUT2D eigenvalue weighted by molar-refractivity contribution is 6.08. The molecular weight excluding hydrogens is 268 g/mol. The number of hydrogen-bond acceptors (Lipinski definition) is 3. The van der Waals surface area contributed by atoms with Crippen molar-refractivity contribution < 1.29 is 9.59 Å². The maximum Gasteiger partial charge on any atom is 0.249 e. The first-order chi connectivity index (χ1) is 10.1. The fourth-order valence-corrected chi connectivity index (χ4v) is 2.35. The largest absolute Gasteiger partial charge is 0.366 e. The van der Waals surface area contributed by atoms with Gasteiger partial charge in [-0.05, 0) is 24.3 Å². The SMILES string of the molecule is NC(=O)c1cccc(C(N)=O)c1-c1cnc2[nH]ccc2c1. The highest BCUT2D eigenvalue weighted by Crippen LogP contribution is 2.29. The van der Waals surface area contributed by atoms with Gasteiger partial charge in [-0.1, -0.05) is 6.07 Å². The van der Waals surface area contributed by atoms with Crippen LogP contribution in [0.3, 0.4) is 0 Å². The molecule has 3 aromatic rings. The molecule has 0 atom stereocenters. The fraction of sp³-hybridized carbons (Fsp3) is 0. The second-order valence-electron chi connectivity index (χ2n) is 4.60. The molecule has 0 aliphatic rings. The molecule has 0 aliphatic heterocycles. The number of nitrogens with two attached hydrogens (primary N) is 2. The summed E-state index contributed by atoms with van der Waals surface area (Å²) in [5, 5.41) is 0.863. The van der Waals surface area contributed by atoms with Gasteiger partial charge in [0.1, 0.15) is 5.65 Å². The van der Waals surface area contributed by atoms with Crippen LogP contribution in [0.15, 0.2) is 42.7 Å². The van der Waals surface area contributed by atoms with E-state index in [4.69, 9.17) is 11.5 Å². The number of rotatable bonds is 3. The zero-order chi connectivity index (χ0) is 15.0. The Morgan fingerprint density at radius 1 is 1.05 bits per heavy atom. The van der Waals surface area contributed by atoms with Gasteiger partial charge in [0.2, 0.25) is 11.8 Å². The summed E-state index contributed by atoms with van der Waals surface area (Å²) in [6.07, 6.45) is 3.34. The molecule has 0 fully saturated rings. The third kappa shape index (κ3) is 2.12. The first kappa shape index (κ1) is 12.9. The van der Waals surface area contributed by atoms with Crippen LogP contribution in [0.1, 0.15) is 20.7 Å². The minimum Gasteiger partial charge on any atom is -0.366 e. The predicted octanol–water partition coefficient (Wildman–Crippen LogP) is 1.43. The topological polar surface area (TPSA) is 115 Å². The Morgan fingerprint density at radius 2 is 1.71 bits per heavy atom. The summed E-state index contributed by atoms with van der Waals surface area (Å²) in [5.74, 6) is -1.25. The molecule has 1 aromatic carbocycles. The maximum absolute atomic E-state index is 11.6. The lowest BCUT2D eigenvalue weighted by molar-refractivity contribution is 0.0999. The van der Waals surface area contributed by atoms with Gasteiger partial charge >= 0.3 is 0 Å². The van der Waals surface area contributed by atoms with Crippen LogP contribution < -0.4 is 11.5 Å². The van der Waals surface area contributed by atoms with Crippen molar-refractivity contribution in [2.24, 2.45) is 11.5 Å². The maximum atomic E-state index is 11.6. The molecule has 3 rings (SSSR count). The van der Waals surface area contributed by atoms with E-state index in [0.29, 0.717) is 11.1 Å². The summed E-state index contributed by atoms with van der Waals surface area (Å²) < 4.78 is 0. The molecule has 0 saturated heterocycles. The van der Waals surface area contributed by atoms with Crippen LogP contribution in [-0.2, 0) is 0 Å². The Balaban J connectivity index is 2.33. The Kier molecular flexibility index (Phi) is 2.91. The summed E-state index contributed by atoms with van der Waals surface area (Å²) in [7, 11) is 0. The number of nitrogens with one attached hydrogen (secondary N) is 1. The number of benzene rings is 1. The molecule has 6 nitrogen and oxygen atoms in total. The van der Waals surface area contributed by atoms with Gasteiger partial charge in [0.15, 0.2) is 0 Å². The summed E-state index contributed by atoms with van der Waals surface area (Å²) in [5.41, 5.74) is 13.0. The number of nitrogens with zero attached hydrogens (tertiary/aromatic N) is 1. The van der Waals surface area contributed by atoms with Crippen molar-refractivity contribution in [2.45, 2.75) is 0 Å². The third-order valence-corrected chi connectivity index (χ3v) is 3.28. The van der Waals surface area contributed by atoms with Crippen LogP contribution in [0.2, 0.25) is 0 Å². The number of aromatic amines is 1. The minimum absolute atomic E-state index is 0.239. The van der Waals surface area contributed by atoms with E-state index in [-0.39, 0.29) is 11.1 Å². The molecule has 5 N–H and O–H groups in total. The first-order valence-electron chi connectivity index (χ1n) is 6.24. The molecule has 0 radical (unpaired) electrons. The quantitative estimate of drug-likeness (QED) is 0.674. The molecule has 0 saturated carbocycles. The molecule has 2 heterocycles. The summed E-state index contributed by atoms with van der Waals surface area (Å²) in [4.78, 5) is 30.5. The number of fused-ring (bicyclic) bond motifs is 1. The number of primary amides is 2. The van der Waals surface area contributed by atoms with Crippen LogP contribution in [0.5, 0.6) is 0 Å². The van der Waals surface area contributed by atoms with Gasteiger partial charge in [-0.2, -0.15) is 0 Å². The predicted molar refractivity (Wildman–Crippen MR) is 78.6 cm³/mol. The van der Waals surface area contributed by atoms with E-state index < -0.39 is 11.8 Å². The Morgan fingerprint density at radius 3 is 2.33 bits per heavy atom. The van der Waals surface area contributed by atoms with Crippen molar-refractivity contribution in [3.05, 3.63) is 53.9 Å². The van der Waals surface area contributed by atoms with Gasteiger partial charge in [0.05, 0.1) is 0 Å². The highest BCUT2D eigenvalue weighted by Gasteiger charge is 2.18. The average Bonchev–Trinajstić information content (AvgIpc) is 2.93. The molecule has 0 unspecified atom stereocenters. The normalized spacial score (nSPS) is 10.7. The number of aromatic nitrogens is 2. The van der Waals surface area contributed by atoms with Crippen molar-refractivity contribution in [3.63, 3.8) is 0 Å². The number of pyridine rings is 1. The van der Waals surface area contributed by atoms with E-state index in [0.717, 1.165) is 11.0 Å². The summed E-state index contributed by atoms with van der Waals surface area (Å²) in [6, 6.07) is 8.37. The number of hydrogen-bond donors (Lipinski definition) is 3. The summed E-state index contributed by atoms with van der Waals surface area (Å²) >= 11 is 0. The second-order valence-corrected chi connectivity index (χ2v) is 4.60. The Hall–Kier alpha value is -3.15. The van der Waals surface area contributed by atoms with Crippen LogP contribution in [0, 0.1) is 0 Å².